The third kappa shape index (κ3) is 3.91. The van der Waals surface area contributed by atoms with Gasteiger partial charge in [-0.3, -0.25) is 4.79 Å². The molecule has 0 bridgehead atoms. The highest BCUT2D eigenvalue weighted by atomic mass is 19.1. The quantitative estimate of drug-likeness (QED) is 0.890. The molecule has 4 nitrogen and oxygen atoms in total. The minimum atomic E-state index is -0.292. The summed E-state index contributed by atoms with van der Waals surface area (Å²) in [5.41, 5.74) is 0.803. The van der Waals surface area contributed by atoms with E-state index in [2.05, 4.69) is 10.3 Å². The Kier molecular flexibility index (Phi) is 4.28. The Balaban J connectivity index is 1.76. The number of imidazole rings is 1. The molecule has 5 heteroatoms. The van der Waals surface area contributed by atoms with Crippen LogP contribution < -0.4 is 5.32 Å². The fraction of sp³-hybridized carbons (Fsp3) is 0.286. The van der Waals surface area contributed by atoms with Crippen LogP contribution in [0.3, 0.4) is 0 Å². The average molecular weight is 261 g/mol. The number of nitrogens with one attached hydrogen (secondary N) is 1. The number of carbonyl (C=O) groups excluding carboxylic acids is 1. The largest absolute Gasteiger partial charge is 0.354 e. The van der Waals surface area contributed by atoms with Crippen LogP contribution in [0.15, 0.2) is 36.7 Å². The van der Waals surface area contributed by atoms with Gasteiger partial charge in [-0.15, -0.1) is 0 Å². The Morgan fingerprint density at radius 3 is 2.74 bits per heavy atom. The molecule has 1 aromatic carbocycles. The van der Waals surface area contributed by atoms with Gasteiger partial charge in [0.15, 0.2) is 0 Å². The van der Waals surface area contributed by atoms with E-state index in [-0.39, 0.29) is 18.1 Å². The fourth-order valence-electron chi connectivity index (χ4n) is 1.81. The van der Waals surface area contributed by atoms with E-state index >= 15 is 0 Å². The van der Waals surface area contributed by atoms with Crippen molar-refractivity contribution in [2.24, 2.45) is 0 Å². The summed E-state index contributed by atoms with van der Waals surface area (Å²) in [6.45, 7) is 3.17. The molecule has 0 radical (unpaired) electrons. The first-order valence-electron chi connectivity index (χ1n) is 6.14. The number of nitrogens with zero attached hydrogens (tertiary/aromatic N) is 2. The van der Waals surface area contributed by atoms with Crippen LogP contribution in [0.5, 0.6) is 0 Å². The standard InChI is InChI=1S/C14H16FN3O/c1-11-16-6-8-18(11)9-7-17-14(19)10-12-2-4-13(15)5-3-12/h2-6,8H,7,9-10H2,1H3,(H,17,19). The molecule has 0 aliphatic heterocycles. The lowest BCUT2D eigenvalue weighted by atomic mass is 10.1. The highest BCUT2D eigenvalue weighted by molar-refractivity contribution is 5.78. The van der Waals surface area contributed by atoms with Gasteiger partial charge in [0.25, 0.3) is 0 Å². The van der Waals surface area contributed by atoms with Gasteiger partial charge in [0, 0.05) is 25.5 Å². The summed E-state index contributed by atoms with van der Waals surface area (Å²) in [5, 5.41) is 2.83. The number of aromatic nitrogens is 2. The molecule has 1 aromatic heterocycles. The first kappa shape index (κ1) is 13.3. The second kappa shape index (κ2) is 6.13. The van der Waals surface area contributed by atoms with E-state index in [9.17, 15) is 9.18 Å². The minimum Gasteiger partial charge on any atom is -0.354 e. The maximum atomic E-state index is 12.7. The van der Waals surface area contributed by atoms with Crippen LogP contribution in [0, 0.1) is 12.7 Å². The number of hydrogen-bond donors (Lipinski definition) is 1. The average Bonchev–Trinajstić information content (AvgIpc) is 2.78. The summed E-state index contributed by atoms with van der Waals surface area (Å²) in [7, 11) is 0. The van der Waals surface area contributed by atoms with Gasteiger partial charge in [0.2, 0.25) is 5.91 Å². The van der Waals surface area contributed by atoms with Crippen molar-refractivity contribution in [2.75, 3.05) is 6.54 Å². The van der Waals surface area contributed by atoms with Crippen molar-refractivity contribution >= 4 is 5.91 Å². The SMILES string of the molecule is Cc1nccn1CCNC(=O)Cc1ccc(F)cc1. The lowest BCUT2D eigenvalue weighted by Crippen LogP contribution is -2.28. The van der Waals surface area contributed by atoms with Gasteiger partial charge < -0.3 is 9.88 Å². The molecule has 2 aromatic rings. The van der Waals surface area contributed by atoms with Crippen molar-refractivity contribution in [3.8, 4) is 0 Å². The molecule has 100 valence electrons. The minimum absolute atomic E-state index is 0.0654. The highest BCUT2D eigenvalue weighted by Crippen LogP contribution is 2.03. The maximum Gasteiger partial charge on any atom is 0.224 e. The normalized spacial score (nSPS) is 10.4. The van der Waals surface area contributed by atoms with E-state index in [1.54, 1.807) is 18.3 Å². The molecule has 0 atom stereocenters. The molecule has 2 rings (SSSR count). The van der Waals surface area contributed by atoms with E-state index < -0.39 is 0 Å². The summed E-state index contributed by atoms with van der Waals surface area (Å²) in [5.74, 6) is 0.567. The van der Waals surface area contributed by atoms with E-state index in [1.807, 2.05) is 17.7 Å². The van der Waals surface area contributed by atoms with Crippen LogP contribution in [-0.4, -0.2) is 22.0 Å². The fourth-order valence-corrected chi connectivity index (χ4v) is 1.81. The van der Waals surface area contributed by atoms with Crippen molar-refractivity contribution in [1.29, 1.82) is 0 Å². The lowest BCUT2D eigenvalue weighted by Gasteiger charge is -2.07. The first-order valence-corrected chi connectivity index (χ1v) is 6.14. The molecule has 0 saturated carbocycles. The Hall–Kier alpha value is -2.17. The zero-order valence-corrected chi connectivity index (χ0v) is 10.8. The van der Waals surface area contributed by atoms with E-state index in [4.69, 9.17) is 0 Å². The summed E-state index contributed by atoms with van der Waals surface area (Å²) >= 11 is 0. The number of aryl methyl sites for hydroxylation is 1. The summed E-state index contributed by atoms with van der Waals surface area (Å²) in [6.07, 6.45) is 3.88. The van der Waals surface area contributed by atoms with Gasteiger partial charge in [-0.2, -0.15) is 0 Å². The van der Waals surface area contributed by atoms with Crippen molar-refractivity contribution in [2.45, 2.75) is 19.9 Å². The molecule has 1 N–H and O–H groups in total. The van der Waals surface area contributed by atoms with Crippen molar-refractivity contribution < 1.29 is 9.18 Å². The molecule has 0 aliphatic carbocycles. The van der Waals surface area contributed by atoms with E-state index in [1.165, 1.54) is 12.1 Å². The van der Waals surface area contributed by atoms with Crippen LogP contribution in [0.1, 0.15) is 11.4 Å². The summed E-state index contributed by atoms with van der Waals surface area (Å²) in [6, 6.07) is 5.96. The van der Waals surface area contributed by atoms with Gasteiger partial charge in [0.05, 0.1) is 6.42 Å². The van der Waals surface area contributed by atoms with Crippen LogP contribution >= 0.6 is 0 Å². The predicted molar refractivity (Wildman–Crippen MR) is 70.1 cm³/mol. The monoisotopic (exact) mass is 261 g/mol. The van der Waals surface area contributed by atoms with Gasteiger partial charge in [0.1, 0.15) is 11.6 Å². The third-order valence-corrected chi connectivity index (χ3v) is 2.88. The maximum absolute atomic E-state index is 12.7. The Morgan fingerprint density at radius 2 is 2.11 bits per heavy atom. The molecule has 0 aliphatic rings. The topological polar surface area (TPSA) is 46.9 Å². The van der Waals surface area contributed by atoms with E-state index in [0.29, 0.717) is 13.1 Å². The molecule has 0 fully saturated rings. The smallest absolute Gasteiger partial charge is 0.224 e. The second-order valence-corrected chi connectivity index (χ2v) is 4.32. The van der Waals surface area contributed by atoms with Crippen LogP contribution in [0.25, 0.3) is 0 Å². The molecule has 1 heterocycles. The first-order chi connectivity index (χ1) is 9.15. The second-order valence-electron chi connectivity index (χ2n) is 4.32. The van der Waals surface area contributed by atoms with Crippen LogP contribution in [-0.2, 0) is 17.8 Å². The van der Waals surface area contributed by atoms with Crippen molar-refractivity contribution in [3.05, 3.63) is 53.9 Å². The van der Waals surface area contributed by atoms with Gasteiger partial charge >= 0.3 is 0 Å². The predicted octanol–water partition coefficient (Wildman–Crippen LogP) is 1.69. The zero-order valence-electron chi connectivity index (χ0n) is 10.8. The number of halogens is 1. The number of carbonyl (C=O) groups is 1. The number of benzene rings is 1. The van der Waals surface area contributed by atoms with Gasteiger partial charge in [-0.25, -0.2) is 9.37 Å². The summed E-state index contributed by atoms with van der Waals surface area (Å²) in [4.78, 5) is 15.8. The molecular formula is C14H16FN3O. The molecule has 0 spiro atoms. The number of amides is 1. The van der Waals surface area contributed by atoms with Crippen LogP contribution in [0.2, 0.25) is 0 Å². The van der Waals surface area contributed by atoms with E-state index in [0.717, 1.165) is 11.4 Å². The van der Waals surface area contributed by atoms with Gasteiger partial charge in [-0.1, -0.05) is 12.1 Å². The molecule has 0 saturated heterocycles. The summed E-state index contributed by atoms with van der Waals surface area (Å²) < 4.78 is 14.7. The highest BCUT2D eigenvalue weighted by Gasteiger charge is 2.03. The Morgan fingerprint density at radius 1 is 1.37 bits per heavy atom. The molecule has 19 heavy (non-hydrogen) atoms. The number of hydrogen-bond acceptors (Lipinski definition) is 2. The Bertz CT molecular complexity index is 548. The van der Waals surface area contributed by atoms with Crippen molar-refractivity contribution in [1.82, 2.24) is 14.9 Å². The molecule has 1 amide bonds. The number of rotatable bonds is 5. The molecular weight excluding hydrogens is 245 g/mol. The molecule has 0 unspecified atom stereocenters. The lowest BCUT2D eigenvalue weighted by molar-refractivity contribution is -0.120. The Labute approximate surface area is 111 Å². The zero-order chi connectivity index (χ0) is 13.7. The van der Waals surface area contributed by atoms with Crippen LogP contribution in [0.4, 0.5) is 4.39 Å². The van der Waals surface area contributed by atoms with Gasteiger partial charge in [-0.05, 0) is 24.6 Å². The van der Waals surface area contributed by atoms with Crippen molar-refractivity contribution in [3.63, 3.8) is 0 Å². The third-order valence-electron chi connectivity index (χ3n) is 2.88.